The summed E-state index contributed by atoms with van der Waals surface area (Å²) in [5.41, 5.74) is 0.144. The predicted molar refractivity (Wildman–Crippen MR) is 55.1 cm³/mol. The molecule has 0 aliphatic carbocycles. The van der Waals surface area contributed by atoms with Crippen LogP contribution in [0.25, 0.3) is 0 Å². The van der Waals surface area contributed by atoms with Crippen LogP contribution in [0.3, 0.4) is 0 Å². The molecule has 0 saturated carbocycles. The number of rotatable bonds is 3. The highest BCUT2D eigenvalue weighted by atomic mass is 16.1. The summed E-state index contributed by atoms with van der Waals surface area (Å²) in [6, 6.07) is 0. The molecular weight excluding hydrogens is 162 g/mol. The van der Waals surface area contributed by atoms with Gasteiger partial charge in [-0.2, -0.15) is 0 Å². The smallest absolute Gasteiger partial charge is 0.247 e. The Kier molecular flexibility index (Phi) is 4.27. The number of hydrogen-bond donors (Lipinski definition) is 1. The highest BCUT2D eigenvalue weighted by Gasteiger charge is 2.17. The maximum atomic E-state index is 11.4. The van der Waals surface area contributed by atoms with E-state index in [9.17, 15) is 4.79 Å². The molecule has 0 spiro atoms. The topological polar surface area (TPSA) is 29.1 Å². The molecule has 0 aromatic carbocycles. The first-order chi connectivity index (χ1) is 5.93. The molecule has 72 valence electrons. The van der Waals surface area contributed by atoms with Crippen LogP contribution < -0.4 is 5.32 Å². The molecule has 0 saturated heterocycles. The molecular formula is C11H17NO. The van der Waals surface area contributed by atoms with E-state index in [0.29, 0.717) is 5.57 Å². The molecule has 0 aliphatic heterocycles. The van der Waals surface area contributed by atoms with E-state index < -0.39 is 5.54 Å². The Labute approximate surface area is 80.4 Å². The number of amides is 1. The van der Waals surface area contributed by atoms with Gasteiger partial charge < -0.3 is 5.32 Å². The summed E-state index contributed by atoms with van der Waals surface area (Å²) in [6.45, 7) is 7.36. The van der Waals surface area contributed by atoms with E-state index in [1.165, 1.54) is 0 Å². The summed E-state index contributed by atoms with van der Waals surface area (Å²) in [4.78, 5) is 11.4. The Hall–Kier alpha value is -1.23. The van der Waals surface area contributed by atoms with Gasteiger partial charge >= 0.3 is 0 Å². The minimum Gasteiger partial charge on any atom is -0.337 e. The van der Waals surface area contributed by atoms with E-state index in [1.54, 1.807) is 20.8 Å². The van der Waals surface area contributed by atoms with Crippen molar-refractivity contribution in [3.05, 3.63) is 11.6 Å². The zero-order valence-electron chi connectivity index (χ0n) is 8.77. The average Bonchev–Trinajstić information content (AvgIpc) is 2.04. The predicted octanol–water partition coefficient (Wildman–Crippen LogP) is 1.87. The molecule has 0 aliphatic rings. The quantitative estimate of drug-likeness (QED) is 0.520. The van der Waals surface area contributed by atoms with E-state index in [4.69, 9.17) is 6.42 Å². The normalized spacial score (nSPS) is 12.1. The molecule has 0 unspecified atom stereocenters. The lowest BCUT2D eigenvalue weighted by Gasteiger charge is -2.19. The van der Waals surface area contributed by atoms with Gasteiger partial charge in [0, 0.05) is 5.57 Å². The molecule has 0 atom stereocenters. The Morgan fingerprint density at radius 1 is 1.62 bits per heavy atom. The zero-order valence-corrected chi connectivity index (χ0v) is 8.77. The number of carbonyl (C=O) groups excluding carboxylic acids is 1. The van der Waals surface area contributed by atoms with Crippen molar-refractivity contribution < 1.29 is 4.79 Å². The summed E-state index contributed by atoms with van der Waals surface area (Å²) >= 11 is 0. The Morgan fingerprint density at radius 3 is 2.54 bits per heavy atom. The number of hydrogen-bond acceptors (Lipinski definition) is 1. The molecule has 0 aromatic heterocycles. The molecule has 0 rings (SSSR count). The van der Waals surface area contributed by atoms with Crippen molar-refractivity contribution in [3.63, 3.8) is 0 Å². The van der Waals surface area contributed by atoms with Gasteiger partial charge in [-0.1, -0.05) is 18.9 Å². The van der Waals surface area contributed by atoms with Gasteiger partial charge in [0.2, 0.25) is 5.91 Å². The van der Waals surface area contributed by atoms with Crippen LogP contribution in [0.5, 0.6) is 0 Å². The van der Waals surface area contributed by atoms with Crippen LogP contribution in [0, 0.1) is 12.3 Å². The number of nitrogens with one attached hydrogen (secondary N) is 1. The van der Waals surface area contributed by atoms with Crippen LogP contribution in [0.15, 0.2) is 11.6 Å². The second kappa shape index (κ2) is 4.71. The van der Waals surface area contributed by atoms with Crippen LogP contribution in [-0.4, -0.2) is 11.4 Å². The number of allylic oxidation sites excluding steroid dienone is 1. The van der Waals surface area contributed by atoms with E-state index in [-0.39, 0.29) is 5.91 Å². The Morgan fingerprint density at radius 2 is 2.15 bits per heavy atom. The summed E-state index contributed by atoms with van der Waals surface area (Å²) < 4.78 is 0. The van der Waals surface area contributed by atoms with Gasteiger partial charge in [0.05, 0.1) is 5.54 Å². The summed E-state index contributed by atoms with van der Waals surface area (Å²) in [5.74, 6) is 2.42. The zero-order chi connectivity index (χ0) is 10.5. The van der Waals surface area contributed by atoms with E-state index >= 15 is 0 Å². The third kappa shape index (κ3) is 4.37. The summed E-state index contributed by atoms with van der Waals surface area (Å²) in [7, 11) is 0. The standard InChI is InChI=1S/C11H17NO/c1-6-8-9(3)10(13)12-11(4,5)7-2/h2,8H,6H2,1,3-5H3,(H,12,13). The first kappa shape index (κ1) is 11.8. The highest BCUT2D eigenvalue weighted by molar-refractivity contribution is 5.93. The fourth-order valence-electron chi connectivity index (χ4n) is 0.817. The van der Waals surface area contributed by atoms with Crippen molar-refractivity contribution in [3.8, 4) is 12.3 Å². The molecule has 0 aromatic rings. The van der Waals surface area contributed by atoms with E-state index in [1.807, 2.05) is 13.0 Å². The molecule has 0 fully saturated rings. The molecule has 0 radical (unpaired) electrons. The van der Waals surface area contributed by atoms with Crippen molar-refractivity contribution in [1.29, 1.82) is 0 Å². The second-order valence-corrected chi connectivity index (χ2v) is 3.52. The van der Waals surface area contributed by atoms with Gasteiger partial charge in [-0.25, -0.2) is 0 Å². The number of carbonyl (C=O) groups is 1. The molecule has 2 nitrogen and oxygen atoms in total. The fourth-order valence-corrected chi connectivity index (χ4v) is 0.817. The maximum Gasteiger partial charge on any atom is 0.247 e. The highest BCUT2D eigenvalue weighted by Crippen LogP contribution is 2.02. The second-order valence-electron chi connectivity index (χ2n) is 3.52. The largest absolute Gasteiger partial charge is 0.337 e. The number of terminal acetylenes is 1. The SMILES string of the molecule is C#CC(C)(C)NC(=O)C(C)=CCC. The van der Waals surface area contributed by atoms with Crippen LogP contribution in [0.4, 0.5) is 0 Å². The van der Waals surface area contributed by atoms with Gasteiger partial charge in [0.15, 0.2) is 0 Å². The van der Waals surface area contributed by atoms with Gasteiger partial charge in [-0.3, -0.25) is 4.79 Å². The molecule has 0 bridgehead atoms. The molecule has 2 heteroatoms. The van der Waals surface area contributed by atoms with Crippen molar-refractivity contribution >= 4 is 5.91 Å². The molecule has 0 heterocycles. The van der Waals surface area contributed by atoms with Crippen LogP contribution >= 0.6 is 0 Å². The van der Waals surface area contributed by atoms with Gasteiger partial charge in [-0.05, 0) is 27.2 Å². The van der Waals surface area contributed by atoms with Gasteiger partial charge in [0.25, 0.3) is 0 Å². The van der Waals surface area contributed by atoms with Gasteiger partial charge in [0.1, 0.15) is 0 Å². The van der Waals surface area contributed by atoms with Crippen molar-refractivity contribution in [2.75, 3.05) is 0 Å². The minimum absolute atomic E-state index is 0.0928. The summed E-state index contributed by atoms with van der Waals surface area (Å²) in [5, 5.41) is 2.75. The lowest BCUT2D eigenvalue weighted by atomic mass is 10.1. The van der Waals surface area contributed by atoms with Crippen LogP contribution in [0.1, 0.15) is 34.1 Å². The minimum atomic E-state index is -0.570. The van der Waals surface area contributed by atoms with Crippen LogP contribution in [-0.2, 0) is 4.79 Å². The first-order valence-electron chi connectivity index (χ1n) is 4.40. The Balaban J connectivity index is 4.34. The summed E-state index contributed by atoms with van der Waals surface area (Å²) in [6.07, 6.45) is 7.98. The maximum absolute atomic E-state index is 11.4. The van der Waals surface area contributed by atoms with Crippen molar-refractivity contribution in [1.82, 2.24) is 5.32 Å². The van der Waals surface area contributed by atoms with Crippen molar-refractivity contribution in [2.24, 2.45) is 0 Å². The third-order valence-corrected chi connectivity index (χ3v) is 1.66. The van der Waals surface area contributed by atoms with Crippen LogP contribution in [0.2, 0.25) is 0 Å². The molecule has 1 N–H and O–H groups in total. The third-order valence-electron chi connectivity index (χ3n) is 1.66. The monoisotopic (exact) mass is 179 g/mol. The molecule has 1 amide bonds. The fraction of sp³-hybridized carbons (Fsp3) is 0.545. The lowest BCUT2D eigenvalue weighted by molar-refractivity contribution is -0.118. The lowest BCUT2D eigenvalue weighted by Crippen LogP contribution is -2.42. The van der Waals surface area contributed by atoms with Crippen molar-refractivity contribution in [2.45, 2.75) is 39.7 Å². The van der Waals surface area contributed by atoms with Gasteiger partial charge in [-0.15, -0.1) is 6.42 Å². The molecule has 13 heavy (non-hydrogen) atoms. The van der Waals surface area contributed by atoms with E-state index in [2.05, 4.69) is 11.2 Å². The Bertz CT molecular complexity index is 256. The first-order valence-corrected chi connectivity index (χ1v) is 4.40. The van der Waals surface area contributed by atoms with E-state index in [0.717, 1.165) is 6.42 Å². The average molecular weight is 179 g/mol.